The number of amides is 1. The lowest BCUT2D eigenvalue weighted by Crippen LogP contribution is -2.33. The van der Waals surface area contributed by atoms with Crippen molar-refractivity contribution in [2.45, 2.75) is 38.8 Å². The molecule has 0 spiro atoms. The van der Waals surface area contributed by atoms with Gasteiger partial charge in [0.2, 0.25) is 5.91 Å². The van der Waals surface area contributed by atoms with Crippen LogP contribution < -0.4 is 16.2 Å². The number of nitrogens with one attached hydrogen (secondary N) is 2. The molecule has 0 bridgehead atoms. The molecule has 0 aliphatic heterocycles. The highest BCUT2D eigenvalue weighted by molar-refractivity contribution is 5.75. The van der Waals surface area contributed by atoms with Crippen molar-refractivity contribution in [1.29, 1.82) is 0 Å². The number of anilines is 1. The smallest absolute Gasteiger partial charge is 0.269 e. The minimum absolute atomic E-state index is 0.0253. The van der Waals surface area contributed by atoms with E-state index in [4.69, 9.17) is 0 Å². The number of hydrogen-bond donors (Lipinski definition) is 2. The summed E-state index contributed by atoms with van der Waals surface area (Å²) in [5, 5.41) is 9.89. The van der Waals surface area contributed by atoms with Gasteiger partial charge in [0.05, 0.1) is 11.9 Å². The normalized spacial score (nSPS) is 14.3. The molecule has 18 heavy (non-hydrogen) atoms. The maximum absolute atomic E-state index is 11.7. The van der Waals surface area contributed by atoms with Gasteiger partial charge in [-0.15, -0.1) is 0 Å². The van der Waals surface area contributed by atoms with Crippen LogP contribution in [0.5, 0.6) is 0 Å². The molecule has 1 aromatic rings. The molecule has 6 nitrogen and oxygen atoms in total. The molecule has 0 aromatic carbocycles. The molecular weight excluding hydrogens is 232 g/mol. The molecule has 1 amide bonds. The van der Waals surface area contributed by atoms with E-state index in [1.54, 1.807) is 6.20 Å². The molecule has 6 heteroatoms. The first-order chi connectivity index (χ1) is 8.69. The van der Waals surface area contributed by atoms with Gasteiger partial charge in [-0.3, -0.25) is 9.59 Å². The zero-order chi connectivity index (χ0) is 13.0. The molecule has 0 unspecified atom stereocenters. The van der Waals surface area contributed by atoms with Crippen molar-refractivity contribution < 1.29 is 4.79 Å². The van der Waals surface area contributed by atoms with Crippen LogP contribution in [0.4, 0.5) is 5.69 Å². The van der Waals surface area contributed by atoms with Gasteiger partial charge in [-0.05, 0) is 19.3 Å². The molecule has 2 N–H and O–H groups in total. The van der Waals surface area contributed by atoms with Gasteiger partial charge in [0.25, 0.3) is 5.56 Å². The van der Waals surface area contributed by atoms with E-state index in [-0.39, 0.29) is 18.0 Å². The van der Waals surface area contributed by atoms with Gasteiger partial charge in [0.1, 0.15) is 6.54 Å². The maximum Gasteiger partial charge on any atom is 0.269 e. The Balaban J connectivity index is 1.95. The van der Waals surface area contributed by atoms with Crippen LogP contribution in [-0.4, -0.2) is 28.3 Å². The molecule has 1 aliphatic carbocycles. The average molecular weight is 250 g/mol. The molecule has 1 aliphatic rings. The second-order valence-electron chi connectivity index (χ2n) is 4.51. The molecule has 98 valence electrons. The van der Waals surface area contributed by atoms with E-state index in [9.17, 15) is 9.59 Å². The van der Waals surface area contributed by atoms with E-state index >= 15 is 0 Å². The molecular formula is C12H18N4O2. The third kappa shape index (κ3) is 3.58. The third-order valence-corrected chi connectivity index (χ3v) is 2.68. The molecule has 0 radical (unpaired) electrons. The average Bonchev–Trinajstić information content (AvgIpc) is 3.14. The van der Waals surface area contributed by atoms with Crippen LogP contribution in [0.1, 0.15) is 26.2 Å². The van der Waals surface area contributed by atoms with Gasteiger partial charge < -0.3 is 10.6 Å². The second kappa shape index (κ2) is 5.66. The summed E-state index contributed by atoms with van der Waals surface area (Å²) < 4.78 is 1.17. The predicted molar refractivity (Wildman–Crippen MR) is 68.4 cm³/mol. The van der Waals surface area contributed by atoms with E-state index < -0.39 is 0 Å². The van der Waals surface area contributed by atoms with Crippen molar-refractivity contribution in [3.05, 3.63) is 22.6 Å². The van der Waals surface area contributed by atoms with Gasteiger partial charge in [-0.25, -0.2) is 4.68 Å². The van der Waals surface area contributed by atoms with Crippen molar-refractivity contribution >= 4 is 11.6 Å². The molecule has 1 aromatic heterocycles. The van der Waals surface area contributed by atoms with Crippen LogP contribution in [-0.2, 0) is 11.3 Å². The summed E-state index contributed by atoms with van der Waals surface area (Å²) in [5.41, 5.74) is 0.472. The fourth-order valence-corrected chi connectivity index (χ4v) is 1.55. The lowest BCUT2D eigenvalue weighted by atomic mass is 10.4. The predicted octanol–water partition coefficient (Wildman–Crippen LogP) is 0.344. The summed E-state index contributed by atoms with van der Waals surface area (Å²) in [6.07, 6.45) is 4.75. The van der Waals surface area contributed by atoms with Gasteiger partial charge in [-0.2, -0.15) is 5.10 Å². The van der Waals surface area contributed by atoms with E-state index in [0.29, 0.717) is 12.6 Å². The molecule has 0 saturated heterocycles. The minimum Gasteiger partial charge on any atom is -0.381 e. The van der Waals surface area contributed by atoms with Gasteiger partial charge in [0, 0.05) is 18.7 Å². The molecule has 2 rings (SSSR count). The van der Waals surface area contributed by atoms with Crippen LogP contribution in [0.3, 0.4) is 0 Å². The topological polar surface area (TPSA) is 76.0 Å². The lowest BCUT2D eigenvalue weighted by molar-refractivity contribution is -0.121. The Hall–Kier alpha value is -1.85. The Kier molecular flexibility index (Phi) is 3.96. The quantitative estimate of drug-likeness (QED) is 0.763. The van der Waals surface area contributed by atoms with Crippen LogP contribution in [0.2, 0.25) is 0 Å². The summed E-state index contributed by atoms with van der Waals surface area (Å²) >= 11 is 0. The Morgan fingerprint density at radius 1 is 1.56 bits per heavy atom. The minimum atomic E-state index is -0.257. The number of carbonyl (C=O) groups is 1. The number of rotatable bonds is 6. The van der Waals surface area contributed by atoms with E-state index in [0.717, 1.165) is 24.9 Å². The first-order valence-corrected chi connectivity index (χ1v) is 6.29. The number of carbonyl (C=O) groups excluding carboxylic acids is 1. The monoisotopic (exact) mass is 250 g/mol. The number of hydrogen-bond acceptors (Lipinski definition) is 4. The summed E-state index contributed by atoms with van der Waals surface area (Å²) in [5.74, 6) is -0.186. The summed E-state index contributed by atoms with van der Waals surface area (Å²) in [4.78, 5) is 23.2. The molecule has 1 saturated carbocycles. The van der Waals surface area contributed by atoms with E-state index in [1.165, 1.54) is 10.7 Å². The number of nitrogens with zero attached hydrogens (tertiary/aromatic N) is 2. The fourth-order valence-electron chi connectivity index (χ4n) is 1.55. The maximum atomic E-state index is 11.7. The fraction of sp³-hybridized carbons (Fsp3) is 0.583. The summed E-state index contributed by atoms with van der Waals surface area (Å²) in [6.45, 7) is 2.57. The lowest BCUT2D eigenvalue weighted by Gasteiger charge is -2.07. The van der Waals surface area contributed by atoms with Crippen molar-refractivity contribution in [2.24, 2.45) is 0 Å². The summed E-state index contributed by atoms with van der Waals surface area (Å²) in [7, 11) is 0. The van der Waals surface area contributed by atoms with Crippen LogP contribution in [0, 0.1) is 0 Å². The van der Waals surface area contributed by atoms with Crippen molar-refractivity contribution in [1.82, 2.24) is 15.1 Å². The van der Waals surface area contributed by atoms with Crippen LogP contribution >= 0.6 is 0 Å². The van der Waals surface area contributed by atoms with Crippen molar-refractivity contribution in [3.8, 4) is 0 Å². The van der Waals surface area contributed by atoms with Gasteiger partial charge in [-0.1, -0.05) is 6.92 Å². The Labute approximate surface area is 105 Å². The first-order valence-electron chi connectivity index (χ1n) is 6.29. The van der Waals surface area contributed by atoms with Gasteiger partial charge in [0.15, 0.2) is 0 Å². The molecule has 1 fully saturated rings. The highest BCUT2D eigenvalue weighted by Crippen LogP contribution is 2.23. The van der Waals surface area contributed by atoms with Crippen molar-refractivity contribution in [2.75, 3.05) is 11.9 Å². The Bertz CT molecular complexity index is 479. The second-order valence-corrected chi connectivity index (χ2v) is 4.51. The first kappa shape index (κ1) is 12.6. The standard InChI is InChI=1S/C12H18N4O2/c1-2-5-13-11(17)8-16-12(18)6-10(7-14-16)15-9-3-4-9/h6-7,9,15H,2-5,8H2,1H3,(H,13,17). The zero-order valence-corrected chi connectivity index (χ0v) is 10.5. The Morgan fingerprint density at radius 3 is 2.94 bits per heavy atom. The Morgan fingerprint density at radius 2 is 2.33 bits per heavy atom. The van der Waals surface area contributed by atoms with Gasteiger partial charge >= 0.3 is 0 Å². The highest BCUT2D eigenvalue weighted by Gasteiger charge is 2.21. The van der Waals surface area contributed by atoms with E-state index in [1.807, 2.05) is 6.92 Å². The SMILES string of the molecule is CCCNC(=O)Cn1ncc(NC2CC2)cc1=O. The third-order valence-electron chi connectivity index (χ3n) is 2.68. The van der Waals surface area contributed by atoms with E-state index in [2.05, 4.69) is 15.7 Å². The van der Waals surface area contributed by atoms with Crippen molar-refractivity contribution in [3.63, 3.8) is 0 Å². The summed E-state index contributed by atoms with van der Waals surface area (Å²) in [6, 6.07) is 1.97. The highest BCUT2D eigenvalue weighted by atomic mass is 16.2. The largest absolute Gasteiger partial charge is 0.381 e. The zero-order valence-electron chi connectivity index (χ0n) is 10.5. The van der Waals surface area contributed by atoms with Crippen LogP contribution in [0.25, 0.3) is 0 Å². The molecule has 0 atom stereocenters. The number of aromatic nitrogens is 2. The van der Waals surface area contributed by atoms with Crippen LogP contribution in [0.15, 0.2) is 17.1 Å². The molecule has 1 heterocycles.